The standard InChI is InChI=1S/C9H11N3O4/c1-16-9(15)5-2-3-12-6(4-5)10-11-7(12)8(13)14/h5H,2-4H2,1H3,(H,13,14). The first-order valence-electron chi connectivity index (χ1n) is 4.86. The number of carbonyl (C=O) groups is 2. The third-order valence-electron chi connectivity index (χ3n) is 2.68. The molecule has 1 N–H and O–H groups in total. The SMILES string of the molecule is COC(=O)C1CCn2c(nnc2C(=O)O)C1. The predicted molar refractivity (Wildman–Crippen MR) is 50.8 cm³/mol. The second-order valence-electron chi connectivity index (χ2n) is 3.61. The highest BCUT2D eigenvalue weighted by Gasteiger charge is 2.29. The Morgan fingerprint density at radius 2 is 2.25 bits per heavy atom. The Labute approximate surface area is 91.0 Å². The lowest BCUT2D eigenvalue weighted by Crippen LogP contribution is -2.28. The summed E-state index contributed by atoms with van der Waals surface area (Å²) in [6.07, 6.45) is 0.935. The number of carbonyl (C=O) groups excluding carboxylic acids is 1. The van der Waals surface area contributed by atoms with Gasteiger partial charge < -0.3 is 14.4 Å². The summed E-state index contributed by atoms with van der Waals surface area (Å²) >= 11 is 0. The summed E-state index contributed by atoms with van der Waals surface area (Å²) < 4.78 is 6.18. The van der Waals surface area contributed by atoms with Crippen molar-refractivity contribution < 1.29 is 19.4 Å². The average Bonchev–Trinajstić information content (AvgIpc) is 2.70. The summed E-state index contributed by atoms with van der Waals surface area (Å²) in [6, 6.07) is 0. The van der Waals surface area contributed by atoms with Gasteiger partial charge in [0, 0.05) is 13.0 Å². The first-order valence-corrected chi connectivity index (χ1v) is 4.86. The number of hydrogen-bond donors (Lipinski definition) is 1. The fourth-order valence-corrected chi connectivity index (χ4v) is 1.85. The molecule has 16 heavy (non-hydrogen) atoms. The van der Waals surface area contributed by atoms with Crippen molar-refractivity contribution in [2.45, 2.75) is 19.4 Å². The van der Waals surface area contributed by atoms with Crippen LogP contribution >= 0.6 is 0 Å². The molecule has 2 rings (SSSR count). The molecule has 1 aliphatic heterocycles. The first kappa shape index (κ1) is 10.6. The molecule has 0 fully saturated rings. The average molecular weight is 225 g/mol. The summed E-state index contributed by atoms with van der Waals surface area (Å²) in [5, 5.41) is 16.2. The van der Waals surface area contributed by atoms with Gasteiger partial charge in [-0.25, -0.2) is 4.79 Å². The van der Waals surface area contributed by atoms with Gasteiger partial charge in [-0.2, -0.15) is 0 Å². The molecule has 0 bridgehead atoms. The van der Waals surface area contributed by atoms with Crippen LogP contribution in [0.5, 0.6) is 0 Å². The zero-order valence-electron chi connectivity index (χ0n) is 8.71. The minimum Gasteiger partial charge on any atom is -0.475 e. The van der Waals surface area contributed by atoms with Crippen molar-refractivity contribution in [1.82, 2.24) is 14.8 Å². The monoisotopic (exact) mass is 225 g/mol. The van der Waals surface area contributed by atoms with E-state index in [0.717, 1.165) is 0 Å². The molecule has 0 amide bonds. The molecule has 0 radical (unpaired) electrons. The van der Waals surface area contributed by atoms with E-state index < -0.39 is 5.97 Å². The summed E-state index contributed by atoms with van der Waals surface area (Å²) in [6.45, 7) is 0.434. The van der Waals surface area contributed by atoms with Crippen LogP contribution in [0.4, 0.5) is 0 Å². The lowest BCUT2D eigenvalue weighted by Gasteiger charge is -2.20. The molecule has 7 nitrogen and oxygen atoms in total. The zero-order chi connectivity index (χ0) is 11.7. The maximum absolute atomic E-state index is 11.3. The van der Waals surface area contributed by atoms with Crippen LogP contribution in [0.2, 0.25) is 0 Å². The minimum atomic E-state index is -1.10. The van der Waals surface area contributed by atoms with Crippen molar-refractivity contribution in [1.29, 1.82) is 0 Å². The van der Waals surface area contributed by atoms with E-state index >= 15 is 0 Å². The van der Waals surface area contributed by atoms with Crippen LogP contribution in [0.25, 0.3) is 0 Å². The van der Waals surface area contributed by atoms with Crippen LogP contribution in [0.15, 0.2) is 0 Å². The molecule has 1 unspecified atom stereocenters. The number of carboxylic acids is 1. The van der Waals surface area contributed by atoms with E-state index in [-0.39, 0.29) is 17.7 Å². The van der Waals surface area contributed by atoms with Gasteiger partial charge in [0.1, 0.15) is 5.82 Å². The van der Waals surface area contributed by atoms with Crippen molar-refractivity contribution >= 4 is 11.9 Å². The number of fused-ring (bicyclic) bond motifs is 1. The number of ether oxygens (including phenoxy) is 1. The molecular weight excluding hydrogens is 214 g/mol. The second kappa shape index (κ2) is 3.92. The van der Waals surface area contributed by atoms with Crippen LogP contribution < -0.4 is 0 Å². The second-order valence-corrected chi connectivity index (χ2v) is 3.61. The molecule has 0 spiro atoms. The number of aromatic carboxylic acids is 1. The number of hydrogen-bond acceptors (Lipinski definition) is 5. The Morgan fingerprint density at radius 3 is 2.88 bits per heavy atom. The normalized spacial score (nSPS) is 18.9. The van der Waals surface area contributed by atoms with Crippen molar-refractivity contribution in [3.8, 4) is 0 Å². The Bertz CT molecular complexity index is 440. The summed E-state index contributed by atoms with van der Waals surface area (Å²) in [5.74, 6) is -1.18. The minimum absolute atomic E-state index is 0.0710. The Balaban J connectivity index is 2.23. The van der Waals surface area contributed by atoms with E-state index in [1.807, 2.05) is 0 Å². The highest BCUT2D eigenvalue weighted by molar-refractivity contribution is 5.83. The fraction of sp³-hybridized carbons (Fsp3) is 0.556. The molecule has 1 atom stereocenters. The lowest BCUT2D eigenvalue weighted by molar-refractivity contribution is -0.146. The fourth-order valence-electron chi connectivity index (χ4n) is 1.85. The lowest BCUT2D eigenvalue weighted by atomic mass is 9.98. The molecule has 86 valence electrons. The number of esters is 1. The van der Waals surface area contributed by atoms with Gasteiger partial charge in [-0.05, 0) is 6.42 Å². The highest BCUT2D eigenvalue weighted by Crippen LogP contribution is 2.21. The van der Waals surface area contributed by atoms with Crippen LogP contribution in [-0.4, -0.2) is 38.9 Å². The number of rotatable bonds is 2. The van der Waals surface area contributed by atoms with Gasteiger partial charge in [-0.1, -0.05) is 0 Å². The van der Waals surface area contributed by atoms with E-state index in [1.54, 1.807) is 0 Å². The van der Waals surface area contributed by atoms with Gasteiger partial charge >= 0.3 is 11.9 Å². The molecule has 7 heteroatoms. The smallest absolute Gasteiger partial charge is 0.374 e. The number of aromatic nitrogens is 3. The van der Waals surface area contributed by atoms with E-state index in [0.29, 0.717) is 25.2 Å². The van der Waals surface area contributed by atoms with Gasteiger partial charge in [0.05, 0.1) is 13.0 Å². The molecule has 1 aromatic heterocycles. The number of methoxy groups -OCH3 is 1. The summed E-state index contributed by atoms with van der Waals surface area (Å²) in [5.41, 5.74) is 0. The maximum atomic E-state index is 11.3. The number of nitrogens with zero attached hydrogens (tertiary/aromatic N) is 3. The van der Waals surface area contributed by atoms with Crippen LogP contribution in [0.1, 0.15) is 22.9 Å². The molecule has 2 heterocycles. The van der Waals surface area contributed by atoms with Crippen LogP contribution in [-0.2, 0) is 22.5 Å². The third kappa shape index (κ3) is 1.64. The summed E-state index contributed by atoms with van der Waals surface area (Å²) in [7, 11) is 1.34. The Kier molecular flexibility index (Phi) is 2.59. The predicted octanol–water partition coefficient (Wildman–Crippen LogP) is -0.288. The molecule has 0 aliphatic carbocycles. The van der Waals surface area contributed by atoms with Gasteiger partial charge in [0.15, 0.2) is 0 Å². The number of carboxylic acid groups (broad SMARTS) is 1. The maximum Gasteiger partial charge on any atom is 0.374 e. The van der Waals surface area contributed by atoms with E-state index in [2.05, 4.69) is 14.9 Å². The third-order valence-corrected chi connectivity index (χ3v) is 2.68. The Hall–Kier alpha value is -1.92. The van der Waals surface area contributed by atoms with Crippen molar-refractivity contribution in [3.05, 3.63) is 11.6 Å². The van der Waals surface area contributed by atoms with Gasteiger partial charge in [-0.3, -0.25) is 4.79 Å². The van der Waals surface area contributed by atoms with E-state index in [9.17, 15) is 9.59 Å². The topological polar surface area (TPSA) is 94.3 Å². The molecule has 1 aliphatic rings. The van der Waals surface area contributed by atoms with Crippen LogP contribution in [0, 0.1) is 5.92 Å². The van der Waals surface area contributed by atoms with Crippen molar-refractivity contribution in [2.75, 3.05) is 7.11 Å². The van der Waals surface area contributed by atoms with E-state index in [4.69, 9.17) is 5.11 Å². The van der Waals surface area contributed by atoms with Crippen LogP contribution in [0.3, 0.4) is 0 Å². The van der Waals surface area contributed by atoms with Gasteiger partial charge in [0.2, 0.25) is 5.82 Å². The van der Waals surface area contributed by atoms with Gasteiger partial charge in [0.25, 0.3) is 0 Å². The van der Waals surface area contributed by atoms with Crippen molar-refractivity contribution in [2.24, 2.45) is 5.92 Å². The molecular formula is C9H11N3O4. The summed E-state index contributed by atoms with van der Waals surface area (Å²) in [4.78, 5) is 22.1. The quantitative estimate of drug-likeness (QED) is 0.695. The Morgan fingerprint density at radius 1 is 1.50 bits per heavy atom. The van der Waals surface area contributed by atoms with Crippen molar-refractivity contribution in [3.63, 3.8) is 0 Å². The first-order chi connectivity index (χ1) is 7.63. The highest BCUT2D eigenvalue weighted by atomic mass is 16.5. The molecule has 0 saturated carbocycles. The largest absolute Gasteiger partial charge is 0.475 e. The molecule has 0 aromatic carbocycles. The molecule has 1 aromatic rings. The van der Waals surface area contributed by atoms with E-state index in [1.165, 1.54) is 11.7 Å². The van der Waals surface area contributed by atoms with Gasteiger partial charge in [-0.15, -0.1) is 10.2 Å². The zero-order valence-corrected chi connectivity index (χ0v) is 8.71. The molecule has 0 saturated heterocycles.